The SMILES string of the molecule is NC(=O)[C@H]1CC[C@H](n2c(Nc3c(F)cc(Cl)cc3Cl)nc3cnc(N[C@@H]4CCC(F)(F)C4)nc32)CC1. The predicted molar refractivity (Wildman–Crippen MR) is 131 cm³/mol. The van der Waals surface area contributed by atoms with Crippen LogP contribution in [0.2, 0.25) is 10.0 Å². The predicted octanol–water partition coefficient (Wildman–Crippen LogP) is 5.83. The van der Waals surface area contributed by atoms with Gasteiger partial charge >= 0.3 is 0 Å². The Morgan fingerprint density at radius 1 is 1.14 bits per heavy atom. The fourth-order valence-corrected chi connectivity index (χ4v) is 5.56. The van der Waals surface area contributed by atoms with Crippen molar-refractivity contribution >= 4 is 57.9 Å². The van der Waals surface area contributed by atoms with Gasteiger partial charge in [0.05, 0.1) is 16.9 Å². The number of anilines is 3. The van der Waals surface area contributed by atoms with Crippen LogP contribution in [-0.4, -0.2) is 37.4 Å². The lowest BCUT2D eigenvalue weighted by Gasteiger charge is -2.29. The standard InChI is InChI=1S/C23H24Cl2F3N7O/c24-12-7-15(25)18(16(26)8-12)33-22-32-17-10-30-21(31-13-5-6-23(27,28)9-13)34-20(17)35(22)14-3-1-11(2-4-14)19(29)36/h7-8,10-11,13-14H,1-6,9H2,(H2,29,36)(H,32,33)(H,30,31,34)/t11-,13-,14-/m1/s1. The summed E-state index contributed by atoms with van der Waals surface area (Å²) in [5, 5.41) is 6.20. The molecule has 192 valence electrons. The van der Waals surface area contributed by atoms with Crippen LogP contribution in [0, 0.1) is 11.7 Å². The second-order valence-corrected chi connectivity index (χ2v) is 10.3. The van der Waals surface area contributed by atoms with Gasteiger partial charge in [-0.3, -0.25) is 9.36 Å². The fraction of sp³-hybridized carbons (Fsp3) is 0.478. The van der Waals surface area contributed by atoms with E-state index in [9.17, 15) is 18.0 Å². The Kier molecular flexibility index (Phi) is 6.63. The summed E-state index contributed by atoms with van der Waals surface area (Å²) in [5.74, 6) is -3.42. The number of carbonyl (C=O) groups excluding carboxylic acids is 1. The summed E-state index contributed by atoms with van der Waals surface area (Å²) in [6, 6.07) is 1.99. The smallest absolute Gasteiger partial charge is 0.250 e. The normalized spacial score (nSPS) is 23.6. The quantitative estimate of drug-likeness (QED) is 0.362. The van der Waals surface area contributed by atoms with Crippen molar-refractivity contribution in [2.75, 3.05) is 10.6 Å². The molecule has 1 amide bonds. The number of nitrogens with two attached hydrogens (primary N) is 1. The molecular weight excluding hydrogens is 518 g/mol. The summed E-state index contributed by atoms with van der Waals surface area (Å²) in [6.07, 6.45) is 3.74. The van der Waals surface area contributed by atoms with Crippen molar-refractivity contribution in [2.45, 2.75) is 63.0 Å². The van der Waals surface area contributed by atoms with Crippen LogP contribution in [-0.2, 0) is 4.79 Å². The lowest BCUT2D eigenvalue weighted by molar-refractivity contribution is -0.122. The van der Waals surface area contributed by atoms with E-state index >= 15 is 0 Å². The number of alkyl halides is 2. The molecular formula is C23H24Cl2F3N7O. The number of hydrogen-bond acceptors (Lipinski definition) is 6. The zero-order valence-electron chi connectivity index (χ0n) is 19.1. The largest absolute Gasteiger partial charge is 0.369 e. The van der Waals surface area contributed by atoms with Crippen molar-refractivity contribution in [1.82, 2.24) is 19.5 Å². The van der Waals surface area contributed by atoms with Crippen LogP contribution in [0.1, 0.15) is 51.0 Å². The topological polar surface area (TPSA) is 111 Å². The number of benzene rings is 1. The molecule has 2 heterocycles. The maximum atomic E-state index is 14.7. The van der Waals surface area contributed by atoms with Crippen molar-refractivity contribution in [3.8, 4) is 0 Å². The zero-order valence-corrected chi connectivity index (χ0v) is 20.6. The third-order valence-electron chi connectivity index (χ3n) is 6.88. The molecule has 0 radical (unpaired) electrons. The molecule has 1 aromatic carbocycles. The van der Waals surface area contributed by atoms with Gasteiger partial charge in [-0.15, -0.1) is 0 Å². The van der Waals surface area contributed by atoms with Gasteiger partial charge in [-0.05, 0) is 44.2 Å². The van der Waals surface area contributed by atoms with Gasteiger partial charge < -0.3 is 16.4 Å². The summed E-state index contributed by atoms with van der Waals surface area (Å²) >= 11 is 12.1. The molecule has 0 saturated heterocycles. The minimum absolute atomic E-state index is 0.00272. The van der Waals surface area contributed by atoms with Crippen LogP contribution in [0.5, 0.6) is 0 Å². The van der Waals surface area contributed by atoms with Gasteiger partial charge in [0.25, 0.3) is 0 Å². The molecule has 0 bridgehead atoms. The highest BCUT2D eigenvalue weighted by Gasteiger charge is 2.39. The average molecular weight is 542 g/mol. The van der Waals surface area contributed by atoms with Crippen LogP contribution in [0.3, 0.4) is 0 Å². The highest BCUT2D eigenvalue weighted by molar-refractivity contribution is 6.36. The molecule has 2 aromatic heterocycles. The van der Waals surface area contributed by atoms with Gasteiger partial charge in [-0.25, -0.2) is 23.1 Å². The Labute approximate surface area is 214 Å². The zero-order chi connectivity index (χ0) is 25.6. The number of halogens is 5. The van der Waals surface area contributed by atoms with E-state index in [1.54, 1.807) is 0 Å². The van der Waals surface area contributed by atoms with E-state index in [-0.39, 0.29) is 58.3 Å². The van der Waals surface area contributed by atoms with E-state index in [0.29, 0.717) is 43.3 Å². The molecule has 2 aliphatic carbocycles. The summed E-state index contributed by atoms with van der Waals surface area (Å²) in [4.78, 5) is 25.1. The molecule has 2 fully saturated rings. The van der Waals surface area contributed by atoms with Crippen LogP contribution >= 0.6 is 23.2 Å². The maximum absolute atomic E-state index is 14.7. The van der Waals surface area contributed by atoms with E-state index in [4.69, 9.17) is 28.9 Å². The Balaban J connectivity index is 1.52. The Bertz CT molecular complexity index is 1290. The number of primary amides is 1. The molecule has 0 unspecified atom stereocenters. The summed E-state index contributed by atoms with van der Waals surface area (Å²) < 4.78 is 43.8. The number of aromatic nitrogens is 4. The monoisotopic (exact) mass is 541 g/mol. The third-order valence-corrected chi connectivity index (χ3v) is 7.39. The number of carbonyl (C=O) groups is 1. The second-order valence-electron chi connectivity index (χ2n) is 9.43. The van der Waals surface area contributed by atoms with Gasteiger partial charge in [-0.2, -0.15) is 4.98 Å². The third kappa shape index (κ3) is 5.04. The summed E-state index contributed by atoms with van der Waals surface area (Å²) in [7, 11) is 0. The molecule has 2 aliphatic rings. The van der Waals surface area contributed by atoms with Crippen molar-refractivity contribution < 1.29 is 18.0 Å². The first-order valence-electron chi connectivity index (χ1n) is 11.7. The van der Waals surface area contributed by atoms with E-state index in [2.05, 4.69) is 25.6 Å². The molecule has 2 saturated carbocycles. The number of nitrogens with one attached hydrogen (secondary N) is 2. The molecule has 8 nitrogen and oxygen atoms in total. The number of nitrogens with zero attached hydrogens (tertiary/aromatic N) is 4. The highest BCUT2D eigenvalue weighted by atomic mass is 35.5. The first-order valence-corrected chi connectivity index (χ1v) is 12.5. The lowest BCUT2D eigenvalue weighted by atomic mass is 9.85. The van der Waals surface area contributed by atoms with E-state index < -0.39 is 17.8 Å². The van der Waals surface area contributed by atoms with E-state index in [1.807, 2.05) is 4.57 Å². The van der Waals surface area contributed by atoms with Crippen molar-refractivity contribution in [3.05, 3.63) is 34.2 Å². The number of imidazole rings is 1. The van der Waals surface area contributed by atoms with Crippen LogP contribution in [0.4, 0.5) is 30.8 Å². The molecule has 4 N–H and O–H groups in total. The summed E-state index contributed by atoms with van der Waals surface area (Å²) in [5.41, 5.74) is 6.38. The maximum Gasteiger partial charge on any atom is 0.250 e. The number of hydrogen-bond donors (Lipinski definition) is 3. The highest BCUT2D eigenvalue weighted by Crippen LogP contribution is 2.39. The Morgan fingerprint density at radius 3 is 2.53 bits per heavy atom. The van der Waals surface area contributed by atoms with Gasteiger partial charge in [-0.1, -0.05) is 23.2 Å². The average Bonchev–Trinajstić information content (AvgIpc) is 3.34. The number of amides is 1. The van der Waals surface area contributed by atoms with Crippen molar-refractivity contribution in [3.63, 3.8) is 0 Å². The number of rotatable bonds is 6. The van der Waals surface area contributed by atoms with E-state index in [0.717, 1.165) is 6.07 Å². The summed E-state index contributed by atoms with van der Waals surface area (Å²) in [6.45, 7) is 0. The van der Waals surface area contributed by atoms with Crippen LogP contribution < -0.4 is 16.4 Å². The van der Waals surface area contributed by atoms with Gasteiger partial charge in [0.2, 0.25) is 23.7 Å². The van der Waals surface area contributed by atoms with E-state index in [1.165, 1.54) is 12.3 Å². The van der Waals surface area contributed by atoms with Crippen LogP contribution in [0.25, 0.3) is 11.2 Å². The first-order chi connectivity index (χ1) is 17.1. The molecule has 3 aromatic rings. The molecule has 0 aliphatic heterocycles. The Morgan fingerprint density at radius 2 is 1.89 bits per heavy atom. The molecule has 0 spiro atoms. The number of fused-ring (bicyclic) bond motifs is 1. The Hall–Kier alpha value is -2.79. The van der Waals surface area contributed by atoms with Gasteiger partial charge in [0, 0.05) is 35.9 Å². The van der Waals surface area contributed by atoms with Crippen LogP contribution in [0.15, 0.2) is 18.3 Å². The first kappa shape index (κ1) is 24.9. The molecule has 36 heavy (non-hydrogen) atoms. The molecule has 1 atom stereocenters. The second kappa shape index (κ2) is 9.59. The van der Waals surface area contributed by atoms with Crippen molar-refractivity contribution in [1.29, 1.82) is 0 Å². The van der Waals surface area contributed by atoms with Gasteiger partial charge in [0.1, 0.15) is 11.3 Å². The lowest BCUT2D eigenvalue weighted by Crippen LogP contribution is -2.29. The van der Waals surface area contributed by atoms with Crippen molar-refractivity contribution in [2.24, 2.45) is 11.7 Å². The van der Waals surface area contributed by atoms with Gasteiger partial charge in [0.15, 0.2) is 5.65 Å². The minimum Gasteiger partial charge on any atom is -0.369 e. The molecule has 5 rings (SSSR count). The fourth-order valence-electron chi connectivity index (χ4n) is 5.04. The molecule has 13 heteroatoms. The minimum atomic E-state index is -2.71.